The van der Waals surface area contributed by atoms with Gasteiger partial charge in [-0.05, 0) is 108 Å². The minimum absolute atomic E-state index is 0.822. The molecule has 0 saturated heterocycles. The molecule has 11 aromatic rings. The summed E-state index contributed by atoms with van der Waals surface area (Å²) in [6.07, 6.45) is 0. The third-order valence-electron chi connectivity index (χ3n) is 10.8. The molecule has 9 aromatic carbocycles. The maximum Gasteiger partial charge on any atom is 0.138 e. The van der Waals surface area contributed by atoms with E-state index in [1.807, 2.05) is 0 Å². The molecule has 11 rings (SSSR count). The van der Waals surface area contributed by atoms with Crippen LogP contribution in [0.2, 0.25) is 0 Å². The van der Waals surface area contributed by atoms with Crippen LogP contribution < -0.4 is 9.80 Å². The smallest absolute Gasteiger partial charge is 0.138 e. The molecule has 2 heterocycles. The van der Waals surface area contributed by atoms with E-state index in [4.69, 9.17) is 9.40 Å². The van der Waals surface area contributed by atoms with Crippen LogP contribution in [0.15, 0.2) is 217 Å². The van der Waals surface area contributed by atoms with Crippen molar-refractivity contribution in [1.29, 1.82) is 0 Å². The molecule has 0 N–H and O–H groups in total. The fourth-order valence-electron chi connectivity index (χ4n) is 8.12. The van der Waals surface area contributed by atoms with Gasteiger partial charge in [-0.25, -0.2) is 4.98 Å². The van der Waals surface area contributed by atoms with Crippen LogP contribution in [0.4, 0.5) is 34.1 Å². The average molecular weight is 762 g/mol. The van der Waals surface area contributed by atoms with Crippen molar-refractivity contribution in [1.82, 2.24) is 4.98 Å². The molecule has 0 spiro atoms. The Hall–Kier alpha value is -7.47. The Labute approximate surface area is 340 Å². The van der Waals surface area contributed by atoms with Gasteiger partial charge in [0.15, 0.2) is 0 Å². The molecule has 0 atom stereocenters. The van der Waals surface area contributed by atoms with Gasteiger partial charge in [-0.2, -0.15) is 0 Å². The Kier molecular flexibility index (Phi) is 8.30. The van der Waals surface area contributed by atoms with Crippen molar-refractivity contribution in [3.8, 4) is 21.7 Å². The summed E-state index contributed by atoms with van der Waals surface area (Å²) < 4.78 is 8.13. The van der Waals surface area contributed by atoms with Gasteiger partial charge in [-0.1, -0.05) is 115 Å². The van der Waals surface area contributed by atoms with Gasteiger partial charge in [0.05, 0.1) is 21.3 Å². The second kappa shape index (κ2) is 14.2. The van der Waals surface area contributed by atoms with Crippen molar-refractivity contribution in [3.05, 3.63) is 212 Å². The van der Waals surface area contributed by atoms with Crippen LogP contribution in [0.3, 0.4) is 0 Å². The Morgan fingerprint density at radius 3 is 1.67 bits per heavy atom. The standard InChI is InChI=1S/C53H35N3OS/c1-5-15-36(16-6-1)39-33-48(51-46-31-30-44(35-49(46)57-50(51)34-39)55(40-18-7-2-8-19-40)41-20-9-3-10-21-41)56(42-22-11-4-12-23-42)43-28-25-38(26-29-43)53-54-47-32-27-37-17-13-14-24-45(37)52(47)58-53/h1-35H. The minimum Gasteiger partial charge on any atom is -0.456 e. The van der Waals surface area contributed by atoms with E-state index in [1.165, 1.54) is 15.5 Å². The molecule has 0 saturated carbocycles. The molecule has 0 amide bonds. The first-order chi connectivity index (χ1) is 28.7. The van der Waals surface area contributed by atoms with Gasteiger partial charge >= 0.3 is 0 Å². The third-order valence-corrected chi connectivity index (χ3v) is 12.0. The van der Waals surface area contributed by atoms with Crippen molar-refractivity contribution in [2.45, 2.75) is 0 Å². The summed E-state index contributed by atoms with van der Waals surface area (Å²) >= 11 is 1.75. The maximum absolute atomic E-state index is 6.92. The van der Waals surface area contributed by atoms with E-state index in [9.17, 15) is 0 Å². The van der Waals surface area contributed by atoms with Crippen LogP contribution in [0, 0.1) is 0 Å². The van der Waals surface area contributed by atoms with Crippen LogP contribution in [0.1, 0.15) is 0 Å². The Morgan fingerprint density at radius 2 is 0.983 bits per heavy atom. The number of anilines is 6. The van der Waals surface area contributed by atoms with Gasteiger partial charge < -0.3 is 14.2 Å². The molecular weight excluding hydrogens is 727 g/mol. The molecule has 5 heteroatoms. The number of furan rings is 1. The fraction of sp³-hybridized carbons (Fsp3) is 0. The highest BCUT2D eigenvalue weighted by Gasteiger charge is 2.23. The Morgan fingerprint density at radius 1 is 0.397 bits per heavy atom. The second-order valence-electron chi connectivity index (χ2n) is 14.4. The third kappa shape index (κ3) is 5.97. The average Bonchev–Trinajstić information content (AvgIpc) is 3.90. The zero-order valence-corrected chi connectivity index (χ0v) is 32.2. The van der Waals surface area contributed by atoms with Gasteiger partial charge in [-0.15, -0.1) is 11.3 Å². The quantitative estimate of drug-likeness (QED) is 0.154. The number of hydrogen-bond acceptors (Lipinski definition) is 5. The van der Waals surface area contributed by atoms with Crippen LogP contribution in [0.5, 0.6) is 0 Å². The lowest BCUT2D eigenvalue weighted by Crippen LogP contribution is -2.10. The van der Waals surface area contributed by atoms with Gasteiger partial charge in [0, 0.05) is 50.8 Å². The monoisotopic (exact) mass is 761 g/mol. The summed E-state index contributed by atoms with van der Waals surface area (Å²) in [5.74, 6) is 0. The van der Waals surface area contributed by atoms with E-state index in [-0.39, 0.29) is 0 Å². The summed E-state index contributed by atoms with van der Waals surface area (Å²) in [5.41, 5.74) is 12.3. The predicted octanol–water partition coefficient (Wildman–Crippen LogP) is 15.6. The van der Waals surface area contributed by atoms with Crippen molar-refractivity contribution in [2.75, 3.05) is 9.80 Å². The van der Waals surface area contributed by atoms with Gasteiger partial charge in [0.25, 0.3) is 0 Å². The van der Waals surface area contributed by atoms with Gasteiger partial charge in [-0.3, -0.25) is 0 Å². The van der Waals surface area contributed by atoms with Crippen molar-refractivity contribution >= 4 is 88.4 Å². The van der Waals surface area contributed by atoms with Crippen LogP contribution >= 0.6 is 11.3 Å². The lowest BCUT2D eigenvalue weighted by Gasteiger charge is -2.27. The van der Waals surface area contributed by atoms with E-state index in [1.54, 1.807) is 11.3 Å². The number of benzene rings is 9. The van der Waals surface area contributed by atoms with Gasteiger partial charge in [0.2, 0.25) is 0 Å². The normalized spacial score (nSPS) is 11.4. The number of para-hydroxylation sites is 3. The lowest BCUT2D eigenvalue weighted by molar-refractivity contribution is 0.669. The van der Waals surface area contributed by atoms with Gasteiger partial charge in [0.1, 0.15) is 16.2 Å². The zero-order chi connectivity index (χ0) is 38.4. The fourth-order valence-corrected chi connectivity index (χ4v) is 9.23. The van der Waals surface area contributed by atoms with E-state index in [0.29, 0.717) is 0 Å². The molecular formula is C53H35N3OS. The first-order valence-electron chi connectivity index (χ1n) is 19.5. The largest absolute Gasteiger partial charge is 0.456 e. The molecule has 0 bridgehead atoms. The lowest BCUT2D eigenvalue weighted by atomic mass is 10.00. The molecule has 0 aliphatic carbocycles. The molecule has 58 heavy (non-hydrogen) atoms. The second-order valence-corrected chi connectivity index (χ2v) is 15.4. The first-order valence-corrected chi connectivity index (χ1v) is 20.3. The summed E-state index contributed by atoms with van der Waals surface area (Å²) in [7, 11) is 0. The molecule has 0 radical (unpaired) electrons. The summed E-state index contributed by atoms with van der Waals surface area (Å²) in [5, 5.41) is 5.59. The first kappa shape index (κ1) is 33.8. The maximum atomic E-state index is 6.92. The molecule has 274 valence electrons. The highest BCUT2D eigenvalue weighted by atomic mass is 32.1. The van der Waals surface area contributed by atoms with E-state index < -0.39 is 0 Å². The molecule has 0 unspecified atom stereocenters. The number of thiazole rings is 1. The van der Waals surface area contributed by atoms with E-state index in [0.717, 1.165) is 83.3 Å². The van der Waals surface area contributed by atoms with E-state index in [2.05, 4.69) is 222 Å². The number of fused-ring (bicyclic) bond motifs is 6. The SMILES string of the molecule is c1ccc(-c2cc(N(c3ccccc3)c3ccc(-c4nc5ccc6ccccc6c5s4)cc3)c3c(c2)oc2cc(N(c4ccccc4)c4ccccc4)ccc23)cc1. The Balaban J connectivity index is 1.09. The Bertz CT molecular complexity index is 3180. The molecule has 0 fully saturated rings. The molecule has 0 aliphatic heterocycles. The van der Waals surface area contributed by atoms with Crippen LogP contribution in [-0.2, 0) is 0 Å². The van der Waals surface area contributed by atoms with Crippen molar-refractivity contribution in [3.63, 3.8) is 0 Å². The number of aromatic nitrogens is 1. The number of hydrogen-bond donors (Lipinski definition) is 0. The number of nitrogens with zero attached hydrogens (tertiary/aromatic N) is 3. The van der Waals surface area contributed by atoms with Crippen molar-refractivity contribution in [2.24, 2.45) is 0 Å². The highest BCUT2D eigenvalue weighted by molar-refractivity contribution is 7.22. The van der Waals surface area contributed by atoms with Crippen LogP contribution in [0.25, 0.3) is 64.6 Å². The number of rotatable bonds is 8. The van der Waals surface area contributed by atoms with E-state index >= 15 is 0 Å². The summed E-state index contributed by atoms with van der Waals surface area (Å²) in [6.45, 7) is 0. The summed E-state index contributed by atoms with van der Waals surface area (Å²) in [6, 6.07) is 74.9. The molecule has 0 aliphatic rings. The van der Waals surface area contributed by atoms with Crippen LogP contribution in [-0.4, -0.2) is 4.98 Å². The molecule has 4 nitrogen and oxygen atoms in total. The zero-order valence-electron chi connectivity index (χ0n) is 31.4. The summed E-state index contributed by atoms with van der Waals surface area (Å²) in [4.78, 5) is 9.71. The highest BCUT2D eigenvalue weighted by Crippen LogP contribution is 2.47. The predicted molar refractivity (Wildman–Crippen MR) is 245 cm³/mol. The topological polar surface area (TPSA) is 32.5 Å². The molecule has 2 aromatic heterocycles. The minimum atomic E-state index is 0.822. The van der Waals surface area contributed by atoms with Crippen molar-refractivity contribution < 1.29 is 4.42 Å².